The van der Waals surface area contributed by atoms with Gasteiger partial charge in [-0.15, -0.1) is 0 Å². The van der Waals surface area contributed by atoms with Crippen molar-refractivity contribution in [3.63, 3.8) is 0 Å². The van der Waals surface area contributed by atoms with E-state index in [2.05, 4.69) is 26.0 Å². The number of nitrogens with one attached hydrogen (secondary N) is 2. The molecule has 1 heterocycles. The maximum atomic E-state index is 12.5. The van der Waals surface area contributed by atoms with Crippen LogP contribution in [0.3, 0.4) is 0 Å². The molecule has 3 rings (SSSR count). The van der Waals surface area contributed by atoms with Crippen LogP contribution in [-0.2, 0) is 19.9 Å². The van der Waals surface area contributed by atoms with Gasteiger partial charge in [0, 0.05) is 21.8 Å². The second kappa shape index (κ2) is 7.61. The van der Waals surface area contributed by atoms with E-state index in [0.717, 1.165) is 4.47 Å². The summed E-state index contributed by atoms with van der Waals surface area (Å²) < 4.78 is 51.1. The molecule has 0 spiro atoms. The van der Waals surface area contributed by atoms with Gasteiger partial charge in [-0.1, -0.05) is 22.0 Å². The number of benzene rings is 2. The van der Waals surface area contributed by atoms with Crippen LogP contribution in [0.25, 0.3) is 0 Å². The molecular formula is C17H17BrN2O5S2. The molecule has 27 heavy (non-hydrogen) atoms. The summed E-state index contributed by atoms with van der Waals surface area (Å²) in [4.78, 5) is 12.4. The molecule has 0 aliphatic carbocycles. The Hall–Kier alpha value is -1.91. The van der Waals surface area contributed by atoms with Gasteiger partial charge in [0.1, 0.15) is 0 Å². The van der Waals surface area contributed by atoms with Crippen LogP contribution in [0.1, 0.15) is 16.8 Å². The fraction of sp³-hybridized carbons (Fsp3) is 0.235. The number of amides is 1. The number of hydrogen-bond acceptors (Lipinski definition) is 5. The highest BCUT2D eigenvalue weighted by Crippen LogP contribution is 2.20. The van der Waals surface area contributed by atoms with Crippen LogP contribution < -0.4 is 10.0 Å². The molecule has 0 radical (unpaired) electrons. The van der Waals surface area contributed by atoms with E-state index in [4.69, 9.17) is 0 Å². The maximum absolute atomic E-state index is 12.5. The fourth-order valence-corrected chi connectivity index (χ4v) is 5.72. The van der Waals surface area contributed by atoms with E-state index in [-0.39, 0.29) is 27.7 Å². The quantitative estimate of drug-likeness (QED) is 0.692. The van der Waals surface area contributed by atoms with Crippen molar-refractivity contribution in [2.75, 3.05) is 16.2 Å². The first kappa shape index (κ1) is 19.8. The number of carbonyl (C=O) groups is 1. The molecule has 0 bridgehead atoms. The van der Waals surface area contributed by atoms with E-state index in [9.17, 15) is 21.6 Å². The first-order chi connectivity index (χ1) is 12.6. The zero-order valence-corrected chi connectivity index (χ0v) is 17.3. The molecule has 7 nitrogen and oxygen atoms in total. The highest BCUT2D eigenvalue weighted by atomic mass is 79.9. The molecule has 1 fully saturated rings. The van der Waals surface area contributed by atoms with Crippen LogP contribution in [0.5, 0.6) is 0 Å². The van der Waals surface area contributed by atoms with Crippen molar-refractivity contribution >= 4 is 47.4 Å². The van der Waals surface area contributed by atoms with Gasteiger partial charge in [0.15, 0.2) is 9.84 Å². The third kappa shape index (κ3) is 5.08. The van der Waals surface area contributed by atoms with Crippen molar-refractivity contribution in [2.24, 2.45) is 0 Å². The normalized spacial score (nSPS) is 18.8. The van der Waals surface area contributed by atoms with Gasteiger partial charge in [0.25, 0.3) is 15.9 Å². The molecule has 2 aromatic carbocycles. The van der Waals surface area contributed by atoms with Crippen LogP contribution in [0.15, 0.2) is 57.9 Å². The molecule has 0 unspecified atom stereocenters. The van der Waals surface area contributed by atoms with Gasteiger partial charge < -0.3 is 5.32 Å². The van der Waals surface area contributed by atoms with Gasteiger partial charge in [-0.2, -0.15) is 0 Å². The van der Waals surface area contributed by atoms with Crippen molar-refractivity contribution in [3.05, 3.63) is 58.6 Å². The van der Waals surface area contributed by atoms with Gasteiger partial charge in [-0.3, -0.25) is 9.52 Å². The van der Waals surface area contributed by atoms with Crippen LogP contribution in [0.4, 0.5) is 5.69 Å². The monoisotopic (exact) mass is 472 g/mol. The molecule has 2 N–H and O–H groups in total. The molecule has 0 saturated carbocycles. The van der Waals surface area contributed by atoms with Crippen LogP contribution in [-0.4, -0.2) is 40.3 Å². The average Bonchev–Trinajstić information content (AvgIpc) is 2.93. The van der Waals surface area contributed by atoms with E-state index in [1.807, 2.05) is 0 Å². The number of anilines is 1. The summed E-state index contributed by atoms with van der Waals surface area (Å²) in [5.41, 5.74) is 0.486. The predicted octanol–water partition coefficient (Wildman–Crippen LogP) is 2.17. The van der Waals surface area contributed by atoms with E-state index in [1.54, 1.807) is 18.2 Å². The SMILES string of the molecule is O=C(N[C@H]1CCS(=O)(=O)C1)c1cccc(NS(=O)(=O)c2ccc(Br)cc2)c1. The molecule has 1 aliphatic rings. The first-order valence-electron chi connectivity index (χ1n) is 8.04. The van der Waals surface area contributed by atoms with Gasteiger partial charge in [0.05, 0.1) is 16.4 Å². The standard InChI is InChI=1S/C17H17BrN2O5S2/c18-13-4-6-16(7-5-13)27(24,25)20-14-3-1-2-12(10-14)17(21)19-15-8-9-26(22,23)11-15/h1-7,10,15,20H,8-9,11H2,(H,19,21)/t15-/m0/s1. The second-order valence-corrected chi connectivity index (χ2v) is 11.0. The number of sulfonamides is 1. The lowest BCUT2D eigenvalue weighted by Crippen LogP contribution is -2.35. The minimum absolute atomic E-state index is 0.0605. The smallest absolute Gasteiger partial charge is 0.261 e. The number of rotatable bonds is 5. The van der Waals surface area contributed by atoms with Crippen molar-refractivity contribution in [2.45, 2.75) is 17.4 Å². The largest absolute Gasteiger partial charge is 0.348 e. The number of halogens is 1. The summed E-state index contributed by atoms with van der Waals surface area (Å²) in [5, 5.41) is 2.68. The molecule has 1 atom stereocenters. The molecule has 10 heteroatoms. The lowest BCUT2D eigenvalue weighted by atomic mass is 10.1. The van der Waals surface area contributed by atoms with Gasteiger partial charge in [0.2, 0.25) is 0 Å². The molecule has 0 aromatic heterocycles. The van der Waals surface area contributed by atoms with Crippen molar-refractivity contribution in [1.82, 2.24) is 5.32 Å². The summed E-state index contributed by atoms with van der Waals surface area (Å²) in [6.45, 7) is 0. The maximum Gasteiger partial charge on any atom is 0.261 e. The lowest BCUT2D eigenvalue weighted by molar-refractivity contribution is 0.0941. The Balaban J connectivity index is 1.73. The summed E-state index contributed by atoms with van der Waals surface area (Å²) in [7, 11) is -6.89. The predicted molar refractivity (Wildman–Crippen MR) is 106 cm³/mol. The summed E-state index contributed by atoms with van der Waals surface area (Å²) in [5.74, 6) is -0.457. The minimum atomic E-state index is -3.79. The molecule has 1 saturated heterocycles. The molecule has 1 aliphatic heterocycles. The first-order valence-corrected chi connectivity index (χ1v) is 12.1. The summed E-state index contributed by atoms with van der Waals surface area (Å²) in [6.07, 6.45) is 0.379. The zero-order chi connectivity index (χ0) is 19.7. The Morgan fingerprint density at radius 1 is 1.11 bits per heavy atom. The highest BCUT2D eigenvalue weighted by Gasteiger charge is 2.29. The Labute approximate surface area is 166 Å². The number of sulfone groups is 1. The summed E-state index contributed by atoms with van der Waals surface area (Å²) in [6, 6.07) is 11.8. The van der Waals surface area contributed by atoms with Crippen molar-refractivity contribution in [3.8, 4) is 0 Å². The van der Waals surface area contributed by atoms with Crippen LogP contribution in [0.2, 0.25) is 0 Å². The molecule has 1 amide bonds. The Kier molecular flexibility index (Phi) is 5.59. The molecular weight excluding hydrogens is 456 g/mol. The Morgan fingerprint density at radius 2 is 1.81 bits per heavy atom. The Morgan fingerprint density at radius 3 is 2.44 bits per heavy atom. The van der Waals surface area contributed by atoms with Crippen molar-refractivity contribution in [1.29, 1.82) is 0 Å². The third-order valence-corrected chi connectivity index (χ3v) is 7.76. The van der Waals surface area contributed by atoms with Gasteiger partial charge in [-0.25, -0.2) is 16.8 Å². The zero-order valence-electron chi connectivity index (χ0n) is 14.1. The topological polar surface area (TPSA) is 109 Å². The molecule has 2 aromatic rings. The minimum Gasteiger partial charge on any atom is -0.348 e. The van der Waals surface area contributed by atoms with Gasteiger partial charge >= 0.3 is 0 Å². The lowest BCUT2D eigenvalue weighted by Gasteiger charge is -2.12. The second-order valence-electron chi connectivity index (χ2n) is 6.21. The van der Waals surface area contributed by atoms with E-state index >= 15 is 0 Å². The van der Waals surface area contributed by atoms with Crippen LogP contribution in [0, 0.1) is 0 Å². The third-order valence-electron chi connectivity index (χ3n) is 4.07. The average molecular weight is 473 g/mol. The van der Waals surface area contributed by atoms with E-state index < -0.39 is 31.8 Å². The van der Waals surface area contributed by atoms with Gasteiger partial charge in [-0.05, 0) is 48.9 Å². The Bertz CT molecular complexity index is 1070. The van der Waals surface area contributed by atoms with E-state index in [0.29, 0.717) is 6.42 Å². The highest BCUT2D eigenvalue weighted by molar-refractivity contribution is 9.10. The van der Waals surface area contributed by atoms with Crippen molar-refractivity contribution < 1.29 is 21.6 Å². The fourth-order valence-electron chi connectivity index (χ4n) is 2.73. The summed E-state index contributed by atoms with van der Waals surface area (Å²) >= 11 is 3.25. The van der Waals surface area contributed by atoms with Crippen LogP contribution >= 0.6 is 15.9 Å². The number of carbonyl (C=O) groups excluding carboxylic acids is 1. The molecule has 144 valence electrons. The number of hydrogen-bond donors (Lipinski definition) is 2. The van der Waals surface area contributed by atoms with E-state index in [1.165, 1.54) is 30.3 Å².